The molecule has 1 N–H and O–H groups in total. The summed E-state index contributed by atoms with van der Waals surface area (Å²) in [6.45, 7) is 17.0. The maximum atomic E-state index is 13.7. The molecule has 0 aliphatic carbocycles. The zero-order chi connectivity index (χ0) is 35.4. The van der Waals surface area contributed by atoms with Crippen LogP contribution in [0.3, 0.4) is 0 Å². The Kier molecular flexibility index (Phi) is 19.2. The highest BCUT2D eigenvalue weighted by molar-refractivity contribution is 6.30. The van der Waals surface area contributed by atoms with Crippen molar-refractivity contribution in [2.75, 3.05) is 26.2 Å². The van der Waals surface area contributed by atoms with Gasteiger partial charge in [0.05, 0.1) is 26.2 Å². The Morgan fingerprint density at radius 1 is 0.604 bits per heavy atom. The van der Waals surface area contributed by atoms with Gasteiger partial charge in [0.15, 0.2) is 0 Å². The highest BCUT2D eigenvalue weighted by Crippen LogP contribution is 2.48. The molecule has 0 saturated carbocycles. The smallest absolute Gasteiger partial charge is 0.343 e. The van der Waals surface area contributed by atoms with Crippen molar-refractivity contribution < 1.29 is 32.4 Å². The lowest BCUT2D eigenvalue weighted by atomic mass is 9.70. The van der Waals surface area contributed by atoms with Crippen molar-refractivity contribution in [3.05, 3.63) is 107 Å². The van der Waals surface area contributed by atoms with E-state index in [4.69, 9.17) is 4.65 Å². The van der Waals surface area contributed by atoms with Crippen molar-refractivity contribution >= 4 is 7.32 Å². The molecule has 0 saturated heterocycles. The molecule has 0 heterocycles. The molecule has 0 fully saturated rings. The summed E-state index contributed by atoms with van der Waals surface area (Å²) in [6.07, 6.45) is 13.2. The zero-order valence-corrected chi connectivity index (χ0v) is 30.0. The first kappa shape index (κ1) is 41.5. The minimum atomic E-state index is -2.42. The van der Waals surface area contributed by atoms with Crippen molar-refractivity contribution in [2.24, 2.45) is 0 Å². The standard InChI is InChI=1S/C24H23BF3O3.C16H36N/c1-2-3-4-23(17-5-11-20(26)12-6-17)24(31-25(29)30,18-7-13-21(27)14-8-18)19-9-15-22(28)16-10-19;1-5-9-13-17(14-10-6-2,15-11-7-3)16-12-8-4/h5-16,23,29H,2-4H2,1H3;5-16H2,1-4H3/q-1;+1. The molecule has 4 nitrogen and oxygen atoms in total. The fraction of sp³-hybridized carbons (Fsp3) is 0.550. The van der Waals surface area contributed by atoms with Gasteiger partial charge in [-0.25, -0.2) is 13.2 Å². The van der Waals surface area contributed by atoms with Crippen LogP contribution in [-0.2, 0) is 10.3 Å². The van der Waals surface area contributed by atoms with E-state index >= 15 is 0 Å². The number of hydrogen-bond acceptors (Lipinski definition) is 3. The highest BCUT2D eigenvalue weighted by Gasteiger charge is 2.44. The monoisotopic (exact) mass is 669 g/mol. The normalized spacial score (nSPS) is 12.4. The van der Waals surface area contributed by atoms with Crippen LogP contribution >= 0.6 is 0 Å². The average Bonchev–Trinajstić information content (AvgIpc) is 3.08. The lowest BCUT2D eigenvalue weighted by Gasteiger charge is -2.45. The summed E-state index contributed by atoms with van der Waals surface area (Å²) in [5.74, 6) is -1.93. The SMILES string of the molecule is CCCCC(c1ccc(F)cc1)C(OB([O-])O)(c1ccc(F)cc1)c1ccc(F)cc1.CCCC[N+](CCCC)(CCCC)CCCC. The van der Waals surface area contributed by atoms with E-state index in [9.17, 15) is 23.2 Å². The van der Waals surface area contributed by atoms with Crippen molar-refractivity contribution in [2.45, 2.75) is 117 Å². The molecule has 0 spiro atoms. The molecule has 0 amide bonds. The van der Waals surface area contributed by atoms with Gasteiger partial charge in [-0.05, 0) is 85.2 Å². The molecular weight excluding hydrogens is 610 g/mol. The Morgan fingerprint density at radius 2 is 0.938 bits per heavy atom. The number of halogens is 3. The summed E-state index contributed by atoms with van der Waals surface area (Å²) in [6, 6.07) is 16.6. The van der Waals surface area contributed by atoms with Crippen LogP contribution < -0.4 is 5.02 Å². The van der Waals surface area contributed by atoms with Gasteiger partial charge in [-0.1, -0.05) is 110 Å². The molecule has 3 rings (SSSR count). The van der Waals surface area contributed by atoms with Gasteiger partial charge in [0.1, 0.15) is 23.1 Å². The molecule has 0 radical (unpaired) electrons. The summed E-state index contributed by atoms with van der Waals surface area (Å²) in [7, 11) is -2.42. The molecule has 0 bridgehead atoms. The van der Waals surface area contributed by atoms with Gasteiger partial charge in [-0.15, -0.1) is 0 Å². The Hall–Kier alpha value is -2.65. The number of unbranched alkanes of at least 4 members (excludes halogenated alkanes) is 5. The van der Waals surface area contributed by atoms with E-state index in [1.54, 1.807) is 12.1 Å². The third kappa shape index (κ3) is 12.7. The van der Waals surface area contributed by atoms with Crippen LogP contribution in [0.5, 0.6) is 0 Å². The van der Waals surface area contributed by atoms with Crippen LogP contribution in [0.2, 0.25) is 0 Å². The second kappa shape index (κ2) is 22.1. The van der Waals surface area contributed by atoms with Gasteiger partial charge in [0.2, 0.25) is 0 Å². The lowest BCUT2D eigenvalue weighted by Crippen LogP contribution is -2.50. The predicted octanol–water partition coefficient (Wildman–Crippen LogP) is 9.68. The van der Waals surface area contributed by atoms with Crippen LogP contribution in [0.1, 0.15) is 128 Å². The molecule has 0 aromatic heterocycles. The lowest BCUT2D eigenvalue weighted by molar-refractivity contribution is -0.929. The van der Waals surface area contributed by atoms with E-state index < -0.39 is 36.3 Å². The van der Waals surface area contributed by atoms with E-state index in [0.29, 0.717) is 23.1 Å². The molecule has 8 heteroatoms. The molecule has 266 valence electrons. The van der Waals surface area contributed by atoms with Crippen LogP contribution in [0.4, 0.5) is 13.2 Å². The summed E-state index contributed by atoms with van der Waals surface area (Å²) in [4.78, 5) is 0. The average molecular weight is 670 g/mol. The van der Waals surface area contributed by atoms with Gasteiger partial charge in [-0.2, -0.15) is 0 Å². The third-order valence-corrected chi connectivity index (χ3v) is 9.39. The summed E-state index contributed by atoms with van der Waals surface area (Å²) < 4.78 is 48.2. The molecule has 1 atom stereocenters. The van der Waals surface area contributed by atoms with Crippen molar-refractivity contribution in [1.29, 1.82) is 0 Å². The first-order chi connectivity index (χ1) is 23.1. The van der Waals surface area contributed by atoms with Gasteiger partial charge in [0, 0.05) is 5.92 Å². The maximum absolute atomic E-state index is 13.7. The quantitative estimate of drug-likeness (QED) is 0.0908. The van der Waals surface area contributed by atoms with Gasteiger partial charge in [-0.3, -0.25) is 0 Å². The number of benzene rings is 3. The molecule has 1 unspecified atom stereocenters. The van der Waals surface area contributed by atoms with Gasteiger partial charge >= 0.3 is 7.32 Å². The topological polar surface area (TPSA) is 52.5 Å². The van der Waals surface area contributed by atoms with Crippen LogP contribution in [0, 0.1) is 17.5 Å². The fourth-order valence-electron chi connectivity index (χ4n) is 6.69. The molecule has 0 aliphatic heterocycles. The summed E-state index contributed by atoms with van der Waals surface area (Å²) in [5, 5.41) is 21.8. The van der Waals surface area contributed by atoms with E-state index in [2.05, 4.69) is 27.7 Å². The number of rotatable bonds is 21. The number of quaternary nitrogens is 1. The van der Waals surface area contributed by atoms with Crippen molar-refractivity contribution in [3.8, 4) is 0 Å². The fourth-order valence-corrected chi connectivity index (χ4v) is 6.69. The molecular formula is C40H59BF3NO3. The zero-order valence-electron chi connectivity index (χ0n) is 30.0. The van der Waals surface area contributed by atoms with E-state index in [0.717, 1.165) is 12.8 Å². The van der Waals surface area contributed by atoms with Crippen molar-refractivity contribution in [1.82, 2.24) is 0 Å². The second-order valence-electron chi connectivity index (χ2n) is 13.1. The predicted molar refractivity (Wildman–Crippen MR) is 191 cm³/mol. The Morgan fingerprint density at radius 3 is 1.25 bits per heavy atom. The Balaban J connectivity index is 0.000000401. The molecule has 48 heavy (non-hydrogen) atoms. The molecule has 3 aromatic carbocycles. The largest absolute Gasteiger partial charge is 0.832 e. The minimum absolute atomic E-state index is 0.417. The molecule has 3 aromatic rings. The van der Waals surface area contributed by atoms with Crippen molar-refractivity contribution in [3.63, 3.8) is 0 Å². The van der Waals surface area contributed by atoms with Gasteiger partial charge < -0.3 is 19.2 Å². The summed E-state index contributed by atoms with van der Waals surface area (Å²) in [5.41, 5.74) is -0.0546. The second-order valence-corrected chi connectivity index (χ2v) is 13.1. The highest BCUT2D eigenvalue weighted by atomic mass is 19.1. The minimum Gasteiger partial charge on any atom is -0.832 e. The van der Waals surface area contributed by atoms with E-state index in [-0.39, 0.29) is 0 Å². The van der Waals surface area contributed by atoms with Crippen LogP contribution in [-0.4, -0.2) is 43.0 Å². The maximum Gasteiger partial charge on any atom is 0.343 e. The van der Waals surface area contributed by atoms with Gasteiger partial charge in [0.25, 0.3) is 0 Å². The summed E-state index contributed by atoms with van der Waals surface area (Å²) >= 11 is 0. The van der Waals surface area contributed by atoms with E-state index in [1.807, 2.05) is 6.92 Å². The third-order valence-electron chi connectivity index (χ3n) is 9.39. The number of hydrogen-bond donors (Lipinski definition) is 1. The van der Waals surface area contributed by atoms with Crippen LogP contribution in [0.25, 0.3) is 0 Å². The van der Waals surface area contributed by atoms with Crippen LogP contribution in [0.15, 0.2) is 72.8 Å². The molecule has 0 aliphatic rings. The Labute approximate surface area is 289 Å². The first-order valence-corrected chi connectivity index (χ1v) is 18.3. The first-order valence-electron chi connectivity index (χ1n) is 18.3. The Bertz CT molecular complexity index is 1170. The van der Waals surface area contributed by atoms with E-state index in [1.165, 1.54) is 143 Å². The number of nitrogens with zero attached hydrogens (tertiary/aromatic N) is 1.